The molecular weight excluding hydrogens is 250 g/mol. The molecule has 1 unspecified atom stereocenters. The Morgan fingerprint density at radius 2 is 1.95 bits per heavy atom. The van der Waals surface area contributed by atoms with E-state index in [1.807, 2.05) is 48.5 Å². The van der Waals surface area contributed by atoms with E-state index in [1.165, 1.54) is 11.1 Å². The van der Waals surface area contributed by atoms with Gasteiger partial charge >= 0.3 is 6.03 Å². The number of benzene rings is 2. The van der Waals surface area contributed by atoms with Crippen molar-refractivity contribution in [2.45, 2.75) is 18.9 Å². The predicted octanol–water partition coefficient (Wildman–Crippen LogP) is 3.08. The fourth-order valence-corrected chi connectivity index (χ4v) is 2.63. The molecule has 0 aliphatic heterocycles. The lowest BCUT2D eigenvalue weighted by Crippen LogP contribution is -2.31. The summed E-state index contributed by atoms with van der Waals surface area (Å²) in [4.78, 5) is 12.0. The summed E-state index contributed by atoms with van der Waals surface area (Å²) in [6, 6.07) is 15.2. The van der Waals surface area contributed by atoms with Crippen LogP contribution >= 0.6 is 0 Å². The van der Waals surface area contributed by atoms with Crippen LogP contribution in [-0.2, 0) is 6.42 Å². The van der Waals surface area contributed by atoms with Gasteiger partial charge in [-0.05, 0) is 48.2 Å². The summed E-state index contributed by atoms with van der Waals surface area (Å²) in [6.07, 6.45) is 1.87. The lowest BCUT2D eigenvalue weighted by atomic mass is 10.1. The van der Waals surface area contributed by atoms with Gasteiger partial charge in [0.25, 0.3) is 0 Å². The number of fused-ring (bicyclic) bond motifs is 1. The van der Waals surface area contributed by atoms with E-state index in [4.69, 9.17) is 5.73 Å². The van der Waals surface area contributed by atoms with E-state index < -0.39 is 0 Å². The molecule has 20 heavy (non-hydrogen) atoms. The van der Waals surface area contributed by atoms with Gasteiger partial charge in [-0.3, -0.25) is 0 Å². The highest BCUT2D eigenvalue weighted by molar-refractivity contribution is 5.89. The number of hydrogen-bond acceptors (Lipinski definition) is 2. The summed E-state index contributed by atoms with van der Waals surface area (Å²) in [6.45, 7) is 0. The number of hydrogen-bond donors (Lipinski definition) is 3. The van der Waals surface area contributed by atoms with Crippen molar-refractivity contribution >= 4 is 17.4 Å². The summed E-state index contributed by atoms with van der Waals surface area (Å²) in [5.41, 5.74) is 9.75. The molecule has 3 rings (SSSR count). The smallest absolute Gasteiger partial charge is 0.319 e. The Morgan fingerprint density at radius 3 is 2.75 bits per heavy atom. The Labute approximate surface area is 118 Å². The number of urea groups is 1. The van der Waals surface area contributed by atoms with Crippen LogP contribution in [0, 0.1) is 0 Å². The zero-order valence-electron chi connectivity index (χ0n) is 11.1. The molecule has 4 heteroatoms. The first-order valence-corrected chi connectivity index (χ1v) is 6.73. The number of amides is 2. The van der Waals surface area contributed by atoms with Crippen molar-refractivity contribution < 1.29 is 4.79 Å². The number of carbonyl (C=O) groups excluding carboxylic acids is 1. The average molecular weight is 267 g/mol. The standard InChI is InChI=1S/C16H17N3O/c17-12-7-8-14-11(10-12)6-9-15(14)19-16(20)18-13-4-2-1-3-5-13/h1-5,7-8,10,15H,6,9,17H2,(H2,18,19,20). The molecule has 102 valence electrons. The van der Waals surface area contributed by atoms with Crippen molar-refractivity contribution in [2.24, 2.45) is 0 Å². The zero-order valence-corrected chi connectivity index (χ0v) is 11.1. The number of rotatable bonds is 2. The third-order valence-electron chi connectivity index (χ3n) is 3.58. The minimum Gasteiger partial charge on any atom is -0.399 e. The summed E-state index contributed by atoms with van der Waals surface area (Å²) in [7, 11) is 0. The van der Waals surface area contributed by atoms with Crippen LogP contribution in [0.2, 0.25) is 0 Å². The molecule has 0 radical (unpaired) electrons. The van der Waals surface area contributed by atoms with Gasteiger partial charge in [0, 0.05) is 11.4 Å². The number of anilines is 2. The maximum atomic E-state index is 12.0. The lowest BCUT2D eigenvalue weighted by Gasteiger charge is -2.15. The van der Waals surface area contributed by atoms with Gasteiger partial charge in [0.2, 0.25) is 0 Å². The quantitative estimate of drug-likeness (QED) is 0.732. The van der Waals surface area contributed by atoms with Gasteiger partial charge in [-0.2, -0.15) is 0 Å². The Morgan fingerprint density at radius 1 is 1.15 bits per heavy atom. The number of carbonyl (C=O) groups is 1. The molecule has 4 N–H and O–H groups in total. The first kappa shape index (κ1) is 12.5. The molecule has 0 bridgehead atoms. The van der Waals surface area contributed by atoms with Crippen molar-refractivity contribution in [3.8, 4) is 0 Å². The van der Waals surface area contributed by atoms with E-state index in [2.05, 4.69) is 10.6 Å². The maximum Gasteiger partial charge on any atom is 0.319 e. The molecule has 2 aromatic rings. The third kappa shape index (κ3) is 2.59. The Balaban J connectivity index is 1.67. The number of aryl methyl sites for hydroxylation is 1. The van der Waals surface area contributed by atoms with Gasteiger partial charge in [0.1, 0.15) is 0 Å². The number of nitrogens with two attached hydrogens (primary N) is 1. The zero-order chi connectivity index (χ0) is 13.9. The first-order valence-electron chi connectivity index (χ1n) is 6.73. The largest absolute Gasteiger partial charge is 0.399 e. The Kier molecular flexibility index (Phi) is 3.29. The maximum absolute atomic E-state index is 12.0. The summed E-state index contributed by atoms with van der Waals surface area (Å²) < 4.78 is 0. The van der Waals surface area contributed by atoms with Crippen LogP contribution in [0.4, 0.5) is 16.2 Å². The summed E-state index contributed by atoms with van der Waals surface area (Å²) in [5, 5.41) is 5.85. The Bertz CT molecular complexity index is 625. The second-order valence-electron chi connectivity index (χ2n) is 5.01. The monoisotopic (exact) mass is 267 g/mol. The third-order valence-corrected chi connectivity index (χ3v) is 3.58. The Hall–Kier alpha value is -2.49. The van der Waals surface area contributed by atoms with Crippen LogP contribution in [0.1, 0.15) is 23.6 Å². The molecule has 0 saturated heterocycles. The van der Waals surface area contributed by atoms with Crippen LogP contribution in [0.15, 0.2) is 48.5 Å². The molecule has 0 aromatic heterocycles. The van der Waals surface area contributed by atoms with Crippen molar-refractivity contribution in [1.82, 2.24) is 5.32 Å². The van der Waals surface area contributed by atoms with Gasteiger partial charge in [-0.1, -0.05) is 24.3 Å². The first-order chi connectivity index (χ1) is 9.72. The van der Waals surface area contributed by atoms with Gasteiger partial charge < -0.3 is 16.4 Å². The molecule has 0 heterocycles. The lowest BCUT2D eigenvalue weighted by molar-refractivity contribution is 0.248. The molecule has 4 nitrogen and oxygen atoms in total. The number of para-hydroxylation sites is 1. The minimum atomic E-state index is -0.175. The topological polar surface area (TPSA) is 67.1 Å². The number of nitrogen functional groups attached to an aromatic ring is 1. The van der Waals surface area contributed by atoms with E-state index in [0.717, 1.165) is 24.2 Å². The molecule has 1 aliphatic carbocycles. The fraction of sp³-hybridized carbons (Fsp3) is 0.188. The fourth-order valence-electron chi connectivity index (χ4n) is 2.63. The average Bonchev–Trinajstić information content (AvgIpc) is 2.82. The summed E-state index contributed by atoms with van der Waals surface area (Å²) in [5.74, 6) is 0. The molecular formula is C16H17N3O. The second kappa shape index (κ2) is 5.25. The van der Waals surface area contributed by atoms with Gasteiger partial charge in [-0.15, -0.1) is 0 Å². The van der Waals surface area contributed by atoms with Crippen LogP contribution in [0.5, 0.6) is 0 Å². The van der Waals surface area contributed by atoms with Crippen molar-refractivity contribution in [3.63, 3.8) is 0 Å². The van der Waals surface area contributed by atoms with Crippen LogP contribution in [0.3, 0.4) is 0 Å². The molecule has 0 fully saturated rings. The van der Waals surface area contributed by atoms with Gasteiger partial charge in [0.05, 0.1) is 6.04 Å². The highest BCUT2D eigenvalue weighted by atomic mass is 16.2. The molecule has 0 spiro atoms. The molecule has 2 aromatic carbocycles. The van der Waals surface area contributed by atoms with E-state index in [9.17, 15) is 4.79 Å². The van der Waals surface area contributed by atoms with E-state index in [-0.39, 0.29) is 12.1 Å². The minimum absolute atomic E-state index is 0.0642. The second-order valence-corrected chi connectivity index (χ2v) is 5.01. The SMILES string of the molecule is Nc1ccc2c(c1)CCC2NC(=O)Nc1ccccc1. The van der Waals surface area contributed by atoms with Crippen molar-refractivity contribution in [1.29, 1.82) is 0 Å². The van der Waals surface area contributed by atoms with Gasteiger partial charge in [0.15, 0.2) is 0 Å². The van der Waals surface area contributed by atoms with Crippen LogP contribution in [-0.4, -0.2) is 6.03 Å². The predicted molar refractivity (Wildman–Crippen MR) is 80.5 cm³/mol. The molecule has 1 aliphatic rings. The van der Waals surface area contributed by atoms with Crippen LogP contribution in [0.25, 0.3) is 0 Å². The summed E-state index contributed by atoms with van der Waals surface area (Å²) >= 11 is 0. The molecule has 2 amide bonds. The van der Waals surface area contributed by atoms with Gasteiger partial charge in [-0.25, -0.2) is 4.79 Å². The highest BCUT2D eigenvalue weighted by Crippen LogP contribution is 2.32. The normalized spacial score (nSPS) is 16.5. The van der Waals surface area contributed by atoms with Crippen molar-refractivity contribution in [3.05, 3.63) is 59.7 Å². The molecule has 1 atom stereocenters. The van der Waals surface area contributed by atoms with Crippen LogP contribution < -0.4 is 16.4 Å². The van der Waals surface area contributed by atoms with E-state index in [1.54, 1.807) is 0 Å². The van der Waals surface area contributed by atoms with E-state index >= 15 is 0 Å². The highest BCUT2D eigenvalue weighted by Gasteiger charge is 2.23. The molecule has 0 saturated carbocycles. The van der Waals surface area contributed by atoms with Crippen molar-refractivity contribution in [2.75, 3.05) is 11.1 Å². The van der Waals surface area contributed by atoms with E-state index in [0.29, 0.717) is 0 Å². The number of nitrogens with one attached hydrogen (secondary N) is 2.